The van der Waals surface area contributed by atoms with E-state index in [4.69, 9.17) is 9.47 Å². The van der Waals surface area contributed by atoms with Gasteiger partial charge in [-0.1, -0.05) is 24.3 Å². The van der Waals surface area contributed by atoms with Crippen LogP contribution in [0.3, 0.4) is 0 Å². The van der Waals surface area contributed by atoms with Crippen LogP contribution in [0, 0.1) is 0 Å². The Labute approximate surface area is 160 Å². The molecule has 2 amide bonds. The summed E-state index contributed by atoms with van der Waals surface area (Å²) in [5.74, 6) is 0.855. The second-order valence-electron chi connectivity index (χ2n) is 7.08. The van der Waals surface area contributed by atoms with Crippen molar-refractivity contribution in [3.63, 3.8) is 0 Å². The van der Waals surface area contributed by atoms with Gasteiger partial charge in [-0.2, -0.15) is 0 Å². The summed E-state index contributed by atoms with van der Waals surface area (Å²) in [7, 11) is 1.63. The Kier molecular flexibility index (Phi) is 6.87. The quantitative estimate of drug-likeness (QED) is 0.744. The average Bonchev–Trinajstić information content (AvgIpc) is 3.19. The smallest absolute Gasteiger partial charge is 0.223 e. The summed E-state index contributed by atoms with van der Waals surface area (Å²) < 4.78 is 10.8. The zero-order chi connectivity index (χ0) is 19.1. The van der Waals surface area contributed by atoms with E-state index in [9.17, 15) is 9.59 Å². The third-order valence-corrected chi connectivity index (χ3v) is 5.10. The number of carbonyl (C=O) groups is 2. The fraction of sp³-hybridized carbons (Fsp3) is 0.524. The molecule has 1 aromatic carbocycles. The number of hydrogen-bond donors (Lipinski definition) is 1. The first-order valence-corrected chi connectivity index (χ1v) is 9.60. The van der Waals surface area contributed by atoms with Gasteiger partial charge in [0.05, 0.1) is 26.4 Å². The fourth-order valence-corrected chi connectivity index (χ4v) is 3.61. The van der Waals surface area contributed by atoms with Gasteiger partial charge in [0.2, 0.25) is 11.8 Å². The number of rotatable bonds is 7. The predicted molar refractivity (Wildman–Crippen MR) is 103 cm³/mol. The lowest BCUT2D eigenvalue weighted by Gasteiger charge is -2.35. The van der Waals surface area contributed by atoms with Gasteiger partial charge >= 0.3 is 0 Å². The molecule has 1 atom stereocenters. The molecule has 1 heterocycles. The van der Waals surface area contributed by atoms with Crippen LogP contribution in [0.1, 0.15) is 31.2 Å². The Morgan fingerprint density at radius 1 is 1.30 bits per heavy atom. The van der Waals surface area contributed by atoms with Crippen LogP contribution in [0.4, 0.5) is 0 Å². The zero-order valence-corrected chi connectivity index (χ0v) is 15.9. The number of nitrogens with zero attached hydrogens (tertiary/aromatic N) is 1. The molecule has 0 spiro atoms. The van der Waals surface area contributed by atoms with Gasteiger partial charge < -0.3 is 19.7 Å². The molecule has 1 aliphatic heterocycles. The van der Waals surface area contributed by atoms with E-state index >= 15 is 0 Å². The lowest BCUT2D eigenvalue weighted by atomic mass is 10.1. The number of aryl methyl sites for hydroxylation is 1. The first-order chi connectivity index (χ1) is 13.2. The molecule has 1 aliphatic carbocycles. The lowest BCUT2D eigenvalue weighted by Crippen LogP contribution is -2.51. The molecule has 1 fully saturated rings. The van der Waals surface area contributed by atoms with Crippen molar-refractivity contribution in [3.05, 3.63) is 42.0 Å². The van der Waals surface area contributed by atoms with Crippen LogP contribution in [0.5, 0.6) is 5.75 Å². The van der Waals surface area contributed by atoms with Crippen LogP contribution < -0.4 is 10.1 Å². The van der Waals surface area contributed by atoms with Gasteiger partial charge in [-0.15, -0.1) is 0 Å². The standard InChI is InChI=1S/C21H28N2O4/c1-26-19-8-4-5-16(13-19)9-10-21(25)23-11-12-27-15-18(23)14-20(24)22-17-6-2-3-7-17/h2-5,8,13,17-18H,6-7,9-12,14-15H2,1H3,(H,22,24)/t18-/m1/s1. The van der Waals surface area contributed by atoms with Gasteiger partial charge in [0.1, 0.15) is 5.75 Å². The molecule has 2 aliphatic rings. The van der Waals surface area contributed by atoms with E-state index in [1.54, 1.807) is 7.11 Å². The van der Waals surface area contributed by atoms with Crippen LogP contribution in [0.2, 0.25) is 0 Å². The number of amides is 2. The number of hydrogen-bond acceptors (Lipinski definition) is 4. The van der Waals surface area contributed by atoms with E-state index in [2.05, 4.69) is 17.5 Å². The van der Waals surface area contributed by atoms with Crippen molar-refractivity contribution in [1.29, 1.82) is 0 Å². The molecule has 0 radical (unpaired) electrons. The molecule has 1 saturated heterocycles. The second kappa shape index (κ2) is 9.55. The van der Waals surface area contributed by atoms with Crippen molar-refractivity contribution in [2.24, 2.45) is 0 Å². The van der Waals surface area contributed by atoms with Crippen molar-refractivity contribution >= 4 is 11.8 Å². The third-order valence-electron chi connectivity index (χ3n) is 5.10. The second-order valence-corrected chi connectivity index (χ2v) is 7.08. The molecular formula is C21H28N2O4. The number of nitrogens with one attached hydrogen (secondary N) is 1. The van der Waals surface area contributed by atoms with E-state index in [1.807, 2.05) is 29.2 Å². The minimum atomic E-state index is -0.189. The van der Waals surface area contributed by atoms with E-state index in [1.165, 1.54) is 0 Å². The zero-order valence-electron chi connectivity index (χ0n) is 15.9. The van der Waals surface area contributed by atoms with E-state index in [0.717, 1.165) is 24.2 Å². The maximum atomic E-state index is 12.8. The normalized spacial score (nSPS) is 19.9. The molecule has 1 N–H and O–H groups in total. The minimum absolute atomic E-state index is 0.00945. The molecule has 0 unspecified atom stereocenters. The molecule has 27 heavy (non-hydrogen) atoms. The Morgan fingerprint density at radius 3 is 2.89 bits per heavy atom. The molecule has 6 heteroatoms. The van der Waals surface area contributed by atoms with Gasteiger partial charge in [-0.3, -0.25) is 9.59 Å². The maximum absolute atomic E-state index is 12.8. The molecule has 146 valence electrons. The van der Waals surface area contributed by atoms with Gasteiger partial charge in [-0.05, 0) is 37.0 Å². The highest BCUT2D eigenvalue weighted by molar-refractivity contribution is 5.80. The van der Waals surface area contributed by atoms with E-state index in [-0.39, 0.29) is 23.9 Å². The van der Waals surface area contributed by atoms with Crippen LogP contribution >= 0.6 is 0 Å². The van der Waals surface area contributed by atoms with Crippen LogP contribution in [0.15, 0.2) is 36.4 Å². The Hall–Kier alpha value is -2.34. The SMILES string of the molecule is COc1cccc(CCC(=O)N2CCOC[C@H]2CC(=O)NC2CC=CC2)c1. The van der Waals surface area contributed by atoms with Crippen LogP contribution in [-0.2, 0) is 20.7 Å². The summed E-state index contributed by atoms with van der Waals surface area (Å²) in [6.07, 6.45) is 7.30. The summed E-state index contributed by atoms with van der Waals surface area (Å²) in [5, 5.41) is 3.05. The number of benzene rings is 1. The summed E-state index contributed by atoms with van der Waals surface area (Å²) >= 11 is 0. The van der Waals surface area contributed by atoms with Gasteiger partial charge in [0.25, 0.3) is 0 Å². The van der Waals surface area contributed by atoms with Crippen molar-refractivity contribution in [2.75, 3.05) is 26.9 Å². The minimum Gasteiger partial charge on any atom is -0.497 e. The monoisotopic (exact) mass is 372 g/mol. The third kappa shape index (κ3) is 5.57. The molecule has 3 rings (SSSR count). The van der Waals surface area contributed by atoms with E-state index in [0.29, 0.717) is 39.0 Å². The van der Waals surface area contributed by atoms with Crippen molar-refractivity contribution in [2.45, 2.75) is 44.2 Å². The first-order valence-electron chi connectivity index (χ1n) is 9.60. The summed E-state index contributed by atoms with van der Waals surface area (Å²) in [6, 6.07) is 7.77. The van der Waals surface area contributed by atoms with Crippen LogP contribution in [-0.4, -0.2) is 55.7 Å². The van der Waals surface area contributed by atoms with Gasteiger partial charge in [0.15, 0.2) is 0 Å². The molecular weight excluding hydrogens is 344 g/mol. The highest BCUT2D eigenvalue weighted by Crippen LogP contribution is 2.17. The number of carbonyl (C=O) groups excluding carboxylic acids is 2. The highest BCUT2D eigenvalue weighted by Gasteiger charge is 2.29. The van der Waals surface area contributed by atoms with Gasteiger partial charge in [0, 0.05) is 25.4 Å². The topological polar surface area (TPSA) is 67.9 Å². The molecule has 6 nitrogen and oxygen atoms in total. The van der Waals surface area contributed by atoms with Crippen molar-refractivity contribution in [1.82, 2.24) is 10.2 Å². The van der Waals surface area contributed by atoms with Crippen molar-refractivity contribution < 1.29 is 19.1 Å². The Balaban J connectivity index is 1.52. The largest absolute Gasteiger partial charge is 0.497 e. The average molecular weight is 372 g/mol. The predicted octanol–water partition coefficient (Wildman–Crippen LogP) is 2.08. The van der Waals surface area contributed by atoms with Gasteiger partial charge in [-0.25, -0.2) is 0 Å². The number of morpholine rings is 1. The highest BCUT2D eigenvalue weighted by atomic mass is 16.5. The summed E-state index contributed by atoms with van der Waals surface area (Å²) in [4.78, 5) is 26.9. The van der Waals surface area contributed by atoms with E-state index < -0.39 is 0 Å². The Morgan fingerprint density at radius 2 is 2.11 bits per heavy atom. The van der Waals surface area contributed by atoms with Crippen molar-refractivity contribution in [3.8, 4) is 5.75 Å². The maximum Gasteiger partial charge on any atom is 0.223 e. The summed E-state index contributed by atoms with van der Waals surface area (Å²) in [6.45, 7) is 1.48. The molecule has 0 aromatic heterocycles. The first kappa shape index (κ1) is 19.4. The summed E-state index contributed by atoms with van der Waals surface area (Å²) in [5.41, 5.74) is 1.07. The fourth-order valence-electron chi connectivity index (χ4n) is 3.61. The Bertz CT molecular complexity index is 681. The van der Waals surface area contributed by atoms with Crippen LogP contribution in [0.25, 0.3) is 0 Å². The molecule has 0 bridgehead atoms. The molecule has 0 saturated carbocycles. The number of methoxy groups -OCH3 is 1. The number of ether oxygens (including phenoxy) is 2. The lowest BCUT2D eigenvalue weighted by molar-refractivity contribution is -0.141. The molecule has 1 aromatic rings.